The van der Waals surface area contributed by atoms with Crippen LogP contribution in [0.15, 0.2) is 47.6 Å². The molecule has 2 aliphatic rings. The molecule has 1 amide bonds. The molecule has 26 heavy (non-hydrogen) atoms. The van der Waals surface area contributed by atoms with E-state index in [0.717, 1.165) is 16.7 Å². The summed E-state index contributed by atoms with van der Waals surface area (Å²) in [6.45, 7) is 4.55. The van der Waals surface area contributed by atoms with E-state index in [1.165, 1.54) is 22.7 Å². The van der Waals surface area contributed by atoms with Crippen molar-refractivity contribution in [3.63, 3.8) is 0 Å². The van der Waals surface area contributed by atoms with Gasteiger partial charge in [0.2, 0.25) is 0 Å². The number of fused-ring (bicyclic) bond motifs is 1. The highest BCUT2D eigenvalue weighted by molar-refractivity contribution is 5.87. The first-order chi connectivity index (χ1) is 12.5. The number of hydrazone groups is 1. The fraction of sp³-hybridized carbons (Fsp3) is 0.300. The molecule has 2 heterocycles. The van der Waals surface area contributed by atoms with Gasteiger partial charge in [0.25, 0.3) is 5.91 Å². The third-order valence-electron chi connectivity index (χ3n) is 5.05. The summed E-state index contributed by atoms with van der Waals surface area (Å²) < 4.78 is 13.1. The van der Waals surface area contributed by atoms with E-state index in [1.807, 2.05) is 13.8 Å². The van der Waals surface area contributed by atoms with Gasteiger partial charge in [0, 0.05) is 0 Å². The van der Waals surface area contributed by atoms with Crippen LogP contribution in [0.5, 0.6) is 0 Å². The smallest absolute Gasteiger partial charge is 0.267 e. The quantitative estimate of drug-likeness (QED) is 0.924. The van der Waals surface area contributed by atoms with Crippen LogP contribution in [-0.2, 0) is 11.3 Å². The molecule has 2 unspecified atom stereocenters. The summed E-state index contributed by atoms with van der Waals surface area (Å²) in [7, 11) is 0. The fourth-order valence-corrected chi connectivity index (χ4v) is 3.50. The molecule has 2 aliphatic heterocycles. The molecule has 2 atom stereocenters. The Bertz CT molecular complexity index is 865. The van der Waals surface area contributed by atoms with Gasteiger partial charge in [0.15, 0.2) is 0 Å². The molecule has 1 fully saturated rings. The molecule has 0 aromatic heterocycles. The molecule has 0 saturated carbocycles. The lowest BCUT2D eigenvalue weighted by Gasteiger charge is -2.30. The number of benzene rings is 2. The molecule has 4 rings (SSSR count). The lowest BCUT2D eigenvalue weighted by molar-refractivity contribution is -0.137. The number of amides is 1. The standard InChI is InChI=1S/C20H21FN4O/c1-13-3-4-14(2)16(9-13)11-24-20(26)19-10-18(23-25(19)12-22-24)15-5-7-17(21)8-6-15/h3-9,12,18-19,23H,10-11H2,1-2H3. The van der Waals surface area contributed by atoms with Gasteiger partial charge in [-0.2, -0.15) is 5.10 Å². The number of carbonyl (C=O) groups is 1. The number of nitrogens with one attached hydrogen (secondary N) is 1. The molecule has 0 spiro atoms. The Balaban J connectivity index is 1.50. The molecule has 0 bridgehead atoms. The Labute approximate surface area is 152 Å². The average molecular weight is 352 g/mol. The number of carbonyl (C=O) groups excluding carboxylic acids is 1. The summed E-state index contributed by atoms with van der Waals surface area (Å²) in [6, 6.07) is 12.3. The second-order valence-electron chi connectivity index (χ2n) is 6.95. The van der Waals surface area contributed by atoms with Crippen LogP contribution in [0.1, 0.15) is 34.7 Å². The van der Waals surface area contributed by atoms with Gasteiger partial charge in [0.05, 0.1) is 12.6 Å². The van der Waals surface area contributed by atoms with Crippen molar-refractivity contribution < 1.29 is 9.18 Å². The maximum absolute atomic E-state index is 13.1. The van der Waals surface area contributed by atoms with E-state index in [4.69, 9.17) is 0 Å². The largest absolute Gasteiger partial charge is 0.283 e. The van der Waals surface area contributed by atoms with Crippen molar-refractivity contribution >= 4 is 12.2 Å². The van der Waals surface area contributed by atoms with Gasteiger partial charge in [-0.25, -0.2) is 14.8 Å². The minimum absolute atomic E-state index is 0.0227. The van der Waals surface area contributed by atoms with Crippen LogP contribution < -0.4 is 5.43 Å². The molecule has 0 radical (unpaired) electrons. The number of aryl methyl sites for hydroxylation is 2. The predicted octanol–water partition coefficient (Wildman–Crippen LogP) is 3.05. The van der Waals surface area contributed by atoms with Crippen LogP contribution in [0, 0.1) is 19.7 Å². The zero-order chi connectivity index (χ0) is 18.3. The van der Waals surface area contributed by atoms with Crippen molar-refractivity contribution in [3.05, 3.63) is 70.5 Å². The Morgan fingerprint density at radius 1 is 1.19 bits per heavy atom. The monoisotopic (exact) mass is 352 g/mol. The third-order valence-corrected chi connectivity index (χ3v) is 5.05. The highest BCUT2D eigenvalue weighted by Gasteiger charge is 2.40. The second kappa shape index (κ2) is 6.53. The van der Waals surface area contributed by atoms with Crippen LogP contribution in [0.3, 0.4) is 0 Å². The topological polar surface area (TPSA) is 47.9 Å². The van der Waals surface area contributed by atoms with Gasteiger partial charge in [-0.1, -0.05) is 35.9 Å². The Hall–Kier alpha value is -2.73. The minimum atomic E-state index is -0.298. The highest BCUT2D eigenvalue weighted by Crippen LogP contribution is 2.30. The van der Waals surface area contributed by atoms with Crippen molar-refractivity contribution in [1.29, 1.82) is 0 Å². The summed E-state index contributed by atoms with van der Waals surface area (Å²) in [4.78, 5) is 12.9. The Kier molecular flexibility index (Phi) is 4.20. The van der Waals surface area contributed by atoms with Crippen molar-refractivity contribution in [1.82, 2.24) is 15.4 Å². The second-order valence-corrected chi connectivity index (χ2v) is 6.95. The number of halogens is 1. The number of hydrogen-bond acceptors (Lipinski definition) is 4. The zero-order valence-corrected chi connectivity index (χ0v) is 14.8. The highest BCUT2D eigenvalue weighted by atomic mass is 19.1. The summed E-state index contributed by atoms with van der Waals surface area (Å²) in [5.41, 5.74) is 7.66. The number of hydrazine groups is 1. The lowest BCUT2D eigenvalue weighted by atomic mass is 10.0. The summed E-state index contributed by atoms with van der Waals surface area (Å²) in [5, 5.41) is 7.62. The summed E-state index contributed by atoms with van der Waals surface area (Å²) in [6.07, 6.45) is 2.29. The normalized spacial score (nSPS) is 22.0. The van der Waals surface area contributed by atoms with Gasteiger partial charge < -0.3 is 0 Å². The molecule has 0 aliphatic carbocycles. The SMILES string of the molecule is Cc1ccc(C)c(CN2N=CN3NC(c4ccc(F)cc4)CC3C2=O)c1. The van der Waals surface area contributed by atoms with E-state index in [-0.39, 0.29) is 23.8 Å². The van der Waals surface area contributed by atoms with Gasteiger partial charge in [-0.15, -0.1) is 0 Å². The molecule has 2 aromatic carbocycles. The van der Waals surface area contributed by atoms with Crippen LogP contribution in [0.2, 0.25) is 0 Å². The van der Waals surface area contributed by atoms with Gasteiger partial charge in [-0.05, 0) is 49.1 Å². The van der Waals surface area contributed by atoms with Gasteiger partial charge in [0.1, 0.15) is 18.2 Å². The van der Waals surface area contributed by atoms with E-state index >= 15 is 0 Å². The van der Waals surface area contributed by atoms with E-state index in [1.54, 1.807) is 23.5 Å². The summed E-state index contributed by atoms with van der Waals surface area (Å²) in [5.74, 6) is -0.285. The molecule has 6 heteroatoms. The van der Waals surface area contributed by atoms with Crippen LogP contribution in [-0.4, -0.2) is 28.3 Å². The van der Waals surface area contributed by atoms with Crippen molar-refractivity contribution in [2.45, 2.75) is 38.9 Å². The maximum atomic E-state index is 13.1. The first-order valence-electron chi connectivity index (χ1n) is 8.73. The first-order valence-corrected chi connectivity index (χ1v) is 8.73. The van der Waals surface area contributed by atoms with Crippen LogP contribution in [0.4, 0.5) is 4.39 Å². The van der Waals surface area contributed by atoms with E-state index in [9.17, 15) is 9.18 Å². The average Bonchev–Trinajstić information content (AvgIpc) is 3.06. The maximum Gasteiger partial charge on any atom is 0.267 e. The third kappa shape index (κ3) is 3.08. The van der Waals surface area contributed by atoms with Crippen molar-refractivity contribution in [3.8, 4) is 0 Å². The van der Waals surface area contributed by atoms with Gasteiger partial charge in [-0.3, -0.25) is 9.80 Å². The predicted molar refractivity (Wildman–Crippen MR) is 97.5 cm³/mol. The van der Waals surface area contributed by atoms with Gasteiger partial charge >= 0.3 is 0 Å². The van der Waals surface area contributed by atoms with Crippen LogP contribution >= 0.6 is 0 Å². The lowest BCUT2D eigenvalue weighted by Crippen LogP contribution is -2.50. The molecular weight excluding hydrogens is 331 g/mol. The van der Waals surface area contributed by atoms with Crippen molar-refractivity contribution in [2.75, 3.05) is 0 Å². The number of rotatable bonds is 3. The fourth-order valence-electron chi connectivity index (χ4n) is 3.50. The van der Waals surface area contributed by atoms with E-state index in [2.05, 4.69) is 28.7 Å². The first kappa shape index (κ1) is 16.7. The molecular formula is C20H21FN4O. The number of nitrogens with zero attached hydrogens (tertiary/aromatic N) is 3. The molecule has 1 N–H and O–H groups in total. The summed E-state index contributed by atoms with van der Waals surface area (Å²) >= 11 is 0. The molecule has 5 nitrogen and oxygen atoms in total. The number of hydrogen-bond donors (Lipinski definition) is 1. The van der Waals surface area contributed by atoms with E-state index < -0.39 is 0 Å². The zero-order valence-electron chi connectivity index (χ0n) is 14.8. The van der Waals surface area contributed by atoms with E-state index in [0.29, 0.717) is 13.0 Å². The molecule has 134 valence electrons. The molecule has 1 saturated heterocycles. The Morgan fingerprint density at radius 2 is 1.96 bits per heavy atom. The van der Waals surface area contributed by atoms with Crippen LogP contribution in [0.25, 0.3) is 0 Å². The molecule has 2 aromatic rings. The van der Waals surface area contributed by atoms with Crippen molar-refractivity contribution in [2.24, 2.45) is 5.10 Å². The minimum Gasteiger partial charge on any atom is -0.283 e. The Morgan fingerprint density at radius 3 is 2.73 bits per heavy atom.